The molecule has 4 N–H and O–H groups in total. The number of nitro benzene ring substituents is 1. The second-order valence-corrected chi connectivity index (χ2v) is 9.48. The molecule has 0 aliphatic carbocycles. The van der Waals surface area contributed by atoms with Crippen molar-refractivity contribution in [2.45, 2.75) is 45.2 Å². The number of amides is 2. The van der Waals surface area contributed by atoms with Gasteiger partial charge in [0.25, 0.3) is 11.6 Å². The number of non-ortho nitro benzene ring substituents is 1. The smallest absolute Gasteiger partial charge is 0.270 e. The number of benzene rings is 1. The van der Waals surface area contributed by atoms with Crippen LogP contribution in [-0.2, 0) is 16.8 Å². The van der Waals surface area contributed by atoms with Crippen LogP contribution in [0.1, 0.15) is 54.1 Å². The lowest BCUT2D eigenvalue weighted by atomic mass is 9.81. The molecule has 1 aliphatic heterocycles. The van der Waals surface area contributed by atoms with Crippen LogP contribution in [0.3, 0.4) is 0 Å². The van der Waals surface area contributed by atoms with Crippen molar-refractivity contribution >= 4 is 39.9 Å². The molecule has 9 heteroatoms. The van der Waals surface area contributed by atoms with E-state index < -0.39 is 16.7 Å². The van der Waals surface area contributed by atoms with Crippen LogP contribution in [0.4, 0.5) is 10.7 Å². The van der Waals surface area contributed by atoms with E-state index >= 15 is 0 Å². The van der Waals surface area contributed by atoms with Crippen LogP contribution in [0, 0.1) is 10.1 Å². The first-order chi connectivity index (χ1) is 13.9. The van der Waals surface area contributed by atoms with E-state index in [9.17, 15) is 19.7 Å². The van der Waals surface area contributed by atoms with E-state index in [1.54, 1.807) is 12.1 Å². The van der Waals surface area contributed by atoms with E-state index in [-0.39, 0.29) is 16.8 Å². The highest BCUT2D eigenvalue weighted by Gasteiger charge is 2.41. The number of nitro groups is 1. The molecule has 0 fully saturated rings. The first-order valence-electron chi connectivity index (χ1n) is 9.38. The quantitative estimate of drug-likeness (QED) is 0.381. The Morgan fingerprint density at radius 3 is 2.63 bits per heavy atom. The van der Waals surface area contributed by atoms with Gasteiger partial charge in [0.15, 0.2) is 0 Å². The number of fused-ring (bicyclic) bond motifs is 1. The number of nitrogens with two attached hydrogens (primary N) is 1. The van der Waals surface area contributed by atoms with E-state index in [0.29, 0.717) is 22.5 Å². The van der Waals surface area contributed by atoms with Crippen molar-refractivity contribution in [1.29, 1.82) is 0 Å². The average molecular weight is 429 g/mol. The molecule has 0 bridgehead atoms. The Hall–Kier alpha value is -3.04. The highest BCUT2D eigenvalue weighted by Crippen LogP contribution is 2.44. The molecule has 2 heterocycles. The van der Waals surface area contributed by atoms with Gasteiger partial charge in [0.1, 0.15) is 5.00 Å². The molecule has 0 radical (unpaired) electrons. The molecule has 1 aliphatic rings. The Kier molecular flexibility index (Phi) is 5.53. The molecule has 0 atom stereocenters. The van der Waals surface area contributed by atoms with Gasteiger partial charge >= 0.3 is 0 Å². The monoisotopic (exact) mass is 428 g/mol. The Bertz CT molecular complexity index is 1070. The summed E-state index contributed by atoms with van der Waals surface area (Å²) >= 11 is 1.34. The van der Waals surface area contributed by atoms with E-state index in [4.69, 9.17) is 5.73 Å². The normalized spacial score (nSPS) is 16.8. The molecule has 1 aromatic heterocycles. The van der Waals surface area contributed by atoms with Crippen LogP contribution in [0.5, 0.6) is 0 Å². The van der Waals surface area contributed by atoms with Crippen molar-refractivity contribution in [2.24, 2.45) is 5.73 Å². The first-order valence-corrected chi connectivity index (χ1v) is 10.2. The SMILES string of the molecule is CC1(C)Cc2c(sc(NC(=O)C=Cc3cccc([N+](=O)[O-])c3)c2C(N)=O)C(C)(C)N1. The van der Waals surface area contributed by atoms with Crippen molar-refractivity contribution in [3.8, 4) is 0 Å². The molecule has 1 aromatic carbocycles. The third-order valence-electron chi connectivity index (χ3n) is 4.84. The highest BCUT2D eigenvalue weighted by atomic mass is 32.1. The van der Waals surface area contributed by atoms with Gasteiger partial charge in [-0.1, -0.05) is 12.1 Å². The van der Waals surface area contributed by atoms with Gasteiger partial charge in [0, 0.05) is 34.2 Å². The van der Waals surface area contributed by atoms with Gasteiger partial charge in [0.05, 0.1) is 10.5 Å². The summed E-state index contributed by atoms with van der Waals surface area (Å²) in [4.78, 5) is 36.1. The number of nitrogens with one attached hydrogen (secondary N) is 2. The Balaban J connectivity index is 1.89. The van der Waals surface area contributed by atoms with Gasteiger partial charge in [-0.3, -0.25) is 19.7 Å². The van der Waals surface area contributed by atoms with E-state index in [0.717, 1.165) is 10.4 Å². The summed E-state index contributed by atoms with van der Waals surface area (Å²) in [5, 5.41) is 17.6. The number of nitrogens with zero attached hydrogens (tertiary/aromatic N) is 1. The predicted molar refractivity (Wildman–Crippen MR) is 118 cm³/mol. The summed E-state index contributed by atoms with van der Waals surface area (Å²) in [6, 6.07) is 5.96. The zero-order chi connectivity index (χ0) is 22.3. The molecule has 158 valence electrons. The highest BCUT2D eigenvalue weighted by molar-refractivity contribution is 7.17. The predicted octanol–water partition coefficient (Wildman–Crippen LogP) is 3.57. The molecule has 2 aromatic rings. The van der Waals surface area contributed by atoms with E-state index in [1.807, 2.05) is 13.8 Å². The minimum atomic E-state index is -0.584. The summed E-state index contributed by atoms with van der Waals surface area (Å²) in [7, 11) is 0. The molecular formula is C21H24N4O4S. The summed E-state index contributed by atoms with van der Waals surface area (Å²) in [5.74, 6) is -1.04. The molecular weight excluding hydrogens is 404 g/mol. The van der Waals surface area contributed by atoms with Crippen LogP contribution >= 0.6 is 11.3 Å². The fourth-order valence-corrected chi connectivity index (χ4v) is 5.23. The van der Waals surface area contributed by atoms with Gasteiger partial charge in [-0.05, 0) is 51.3 Å². The number of primary amides is 1. The molecule has 0 spiro atoms. The van der Waals surface area contributed by atoms with Crippen LogP contribution < -0.4 is 16.4 Å². The number of rotatable bonds is 5. The van der Waals surface area contributed by atoms with E-state index in [1.165, 1.54) is 35.6 Å². The topological polar surface area (TPSA) is 127 Å². The largest absolute Gasteiger partial charge is 0.365 e. The number of hydrogen-bond donors (Lipinski definition) is 3. The molecule has 8 nitrogen and oxygen atoms in total. The van der Waals surface area contributed by atoms with Gasteiger partial charge in [-0.25, -0.2) is 0 Å². The molecule has 30 heavy (non-hydrogen) atoms. The average Bonchev–Trinajstić information content (AvgIpc) is 2.97. The van der Waals surface area contributed by atoms with Crippen molar-refractivity contribution in [1.82, 2.24) is 5.32 Å². The van der Waals surface area contributed by atoms with Gasteiger partial charge in [-0.2, -0.15) is 0 Å². The Morgan fingerprint density at radius 1 is 1.30 bits per heavy atom. The minimum Gasteiger partial charge on any atom is -0.365 e. The van der Waals surface area contributed by atoms with Crippen molar-refractivity contribution in [3.05, 3.63) is 62.0 Å². The first kappa shape index (κ1) is 21.7. The summed E-state index contributed by atoms with van der Waals surface area (Å²) in [6.45, 7) is 8.17. The standard InChI is InChI=1S/C21H24N4O4S/c1-20(2)11-14-16(18(22)27)19(30-17(14)21(3,4)24-20)23-15(26)9-8-12-6-5-7-13(10-12)25(28)29/h5-10,24H,11H2,1-4H3,(H2,22,27)(H,23,26). The maximum Gasteiger partial charge on any atom is 0.270 e. The lowest BCUT2D eigenvalue weighted by molar-refractivity contribution is -0.384. The molecule has 0 saturated carbocycles. The number of thiophene rings is 1. The second-order valence-electron chi connectivity index (χ2n) is 8.46. The summed E-state index contributed by atoms with van der Waals surface area (Å²) < 4.78 is 0. The lowest BCUT2D eigenvalue weighted by Crippen LogP contribution is -2.55. The Morgan fingerprint density at radius 2 is 2.00 bits per heavy atom. The maximum absolute atomic E-state index is 12.5. The summed E-state index contributed by atoms with van der Waals surface area (Å²) in [6.07, 6.45) is 3.37. The number of carbonyl (C=O) groups excluding carboxylic acids is 2. The van der Waals surface area contributed by atoms with Crippen molar-refractivity contribution < 1.29 is 14.5 Å². The lowest BCUT2D eigenvalue weighted by Gasteiger charge is -2.42. The second kappa shape index (κ2) is 7.66. The number of hydrogen-bond acceptors (Lipinski definition) is 6. The zero-order valence-corrected chi connectivity index (χ0v) is 18.1. The third kappa shape index (κ3) is 4.42. The van der Waals surface area contributed by atoms with Gasteiger partial charge in [-0.15, -0.1) is 11.3 Å². The van der Waals surface area contributed by atoms with Gasteiger partial charge < -0.3 is 16.4 Å². The van der Waals surface area contributed by atoms with E-state index in [2.05, 4.69) is 24.5 Å². The van der Waals surface area contributed by atoms with Crippen LogP contribution in [0.15, 0.2) is 30.3 Å². The molecule has 3 rings (SSSR count). The molecule has 2 amide bonds. The van der Waals surface area contributed by atoms with Gasteiger partial charge in [0.2, 0.25) is 5.91 Å². The molecule has 0 saturated heterocycles. The van der Waals surface area contributed by atoms with Crippen LogP contribution in [0.2, 0.25) is 0 Å². The van der Waals surface area contributed by atoms with Crippen LogP contribution in [0.25, 0.3) is 6.08 Å². The zero-order valence-electron chi connectivity index (χ0n) is 17.2. The maximum atomic E-state index is 12.5. The fraction of sp³-hybridized carbons (Fsp3) is 0.333. The fourth-order valence-electron chi connectivity index (χ4n) is 3.94. The van der Waals surface area contributed by atoms with Crippen molar-refractivity contribution in [3.63, 3.8) is 0 Å². The third-order valence-corrected chi connectivity index (χ3v) is 6.31. The summed E-state index contributed by atoms with van der Waals surface area (Å²) in [5.41, 5.74) is 6.71. The van der Waals surface area contributed by atoms with Crippen LogP contribution in [-0.4, -0.2) is 22.3 Å². The van der Waals surface area contributed by atoms with Crippen molar-refractivity contribution in [2.75, 3.05) is 5.32 Å². The number of carbonyl (C=O) groups is 2. The Labute approximate surface area is 178 Å². The number of anilines is 1. The molecule has 0 unspecified atom stereocenters. The minimum absolute atomic E-state index is 0.0585.